The Labute approximate surface area is 93.3 Å². The van der Waals surface area contributed by atoms with E-state index in [1.54, 1.807) is 18.2 Å². The summed E-state index contributed by atoms with van der Waals surface area (Å²) < 4.78 is 22.7. The van der Waals surface area contributed by atoms with E-state index in [0.29, 0.717) is 0 Å². The van der Waals surface area contributed by atoms with Gasteiger partial charge in [-0.15, -0.1) is 0 Å². The number of sulfonamides is 1. The predicted octanol–water partition coefficient (Wildman–Crippen LogP) is 0.657. The number of carboxylic acid groups (broad SMARTS) is 1. The van der Waals surface area contributed by atoms with Crippen LogP contribution in [0.25, 0.3) is 0 Å². The molecule has 86 valence electrons. The molecule has 1 aromatic rings. The summed E-state index contributed by atoms with van der Waals surface area (Å²) in [5.41, 5.74) is -0.175. The van der Waals surface area contributed by atoms with E-state index in [1.165, 1.54) is 12.1 Å². The molecule has 1 rings (SSSR count). The van der Waals surface area contributed by atoms with Crippen LogP contribution in [0, 0.1) is 0 Å². The van der Waals surface area contributed by atoms with Gasteiger partial charge in [0.1, 0.15) is 5.25 Å². The highest BCUT2D eigenvalue weighted by Crippen LogP contribution is 2.27. The van der Waals surface area contributed by atoms with Crippen LogP contribution in [0.3, 0.4) is 0 Å². The second-order valence-electron chi connectivity index (χ2n) is 3.21. The molecule has 0 fully saturated rings. The molecule has 0 aromatic heterocycles. The van der Waals surface area contributed by atoms with Crippen molar-refractivity contribution in [2.24, 2.45) is 5.14 Å². The van der Waals surface area contributed by atoms with Gasteiger partial charge in [-0.3, -0.25) is 0 Å². The summed E-state index contributed by atoms with van der Waals surface area (Å²) in [6.45, 7) is 3.24. The fourth-order valence-electron chi connectivity index (χ4n) is 1.33. The summed E-state index contributed by atoms with van der Waals surface area (Å²) in [4.78, 5) is 10.7. The molecule has 0 bridgehead atoms. The van der Waals surface area contributed by atoms with E-state index < -0.39 is 26.8 Å². The van der Waals surface area contributed by atoms with Gasteiger partial charge in [0, 0.05) is 0 Å². The van der Waals surface area contributed by atoms with Crippen LogP contribution in [0.15, 0.2) is 42.5 Å². The van der Waals surface area contributed by atoms with Crippen molar-refractivity contribution in [1.82, 2.24) is 0 Å². The number of rotatable bonds is 4. The number of aliphatic carboxylic acids is 1. The van der Waals surface area contributed by atoms with Crippen LogP contribution in [0.4, 0.5) is 0 Å². The Hall–Kier alpha value is -1.66. The van der Waals surface area contributed by atoms with E-state index in [-0.39, 0.29) is 5.56 Å². The Morgan fingerprint density at radius 2 is 1.81 bits per heavy atom. The number of hydrogen-bond acceptors (Lipinski definition) is 3. The van der Waals surface area contributed by atoms with Gasteiger partial charge in [0.25, 0.3) is 0 Å². The van der Waals surface area contributed by atoms with Crippen LogP contribution in [-0.4, -0.2) is 19.5 Å². The fraction of sp³-hybridized carbons (Fsp3) is 0.100. The van der Waals surface area contributed by atoms with Crippen molar-refractivity contribution in [2.75, 3.05) is 0 Å². The molecule has 0 aliphatic rings. The Bertz CT molecular complexity index is 507. The van der Waals surface area contributed by atoms with Gasteiger partial charge in [-0.2, -0.15) is 0 Å². The van der Waals surface area contributed by atoms with E-state index >= 15 is 0 Å². The first-order valence-corrected chi connectivity index (χ1v) is 5.93. The Morgan fingerprint density at radius 3 is 2.19 bits per heavy atom. The van der Waals surface area contributed by atoms with Crippen molar-refractivity contribution < 1.29 is 18.3 Å². The number of primary sulfonamides is 1. The highest BCUT2D eigenvalue weighted by atomic mass is 32.2. The molecule has 6 heteroatoms. The van der Waals surface area contributed by atoms with Crippen LogP contribution < -0.4 is 5.14 Å². The molecule has 1 unspecified atom stereocenters. The molecule has 5 nitrogen and oxygen atoms in total. The first kappa shape index (κ1) is 12.4. The summed E-state index contributed by atoms with van der Waals surface area (Å²) in [5.74, 6) is -1.39. The lowest BCUT2D eigenvalue weighted by molar-refractivity contribution is -0.132. The predicted molar refractivity (Wildman–Crippen MR) is 59.1 cm³/mol. The van der Waals surface area contributed by atoms with Crippen molar-refractivity contribution in [3.8, 4) is 0 Å². The number of hydrogen-bond donors (Lipinski definition) is 2. The summed E-state index contributed by atoms with van der Waals surface area (Å²) in [7, 11) is -4.04. The van der Waals surface area contributed by atoms with Gasteiger partial charge in [0.05, 0.1) is 5.57 Å². The topological polar surface area (TPSA) is 97.5 Å². The zero-order chi connectivity index (χ0) is 12.3. The van der Waals surface area contributed by atoms with E-state index in [9.17, 15) is 13.2 Å². The lowest BCUT2D eigenvalue weighted by atomic mass is 10.1. The highest BCUT2D eigenvalue weighted by molar-refractivity contribution is 7.89. The van der Waals surface area contributed by atoms with Crippen molar-refractivity contribution in [2.45, 2.75) is 5.25 Å². The molecule has 0 aliphatic carbocycles. The molecule has 0 saturated heterocycles. The SMILES string of the molecule is C=C(C(=O)O)C(c1ccccc1)S(N)(=O)=O. The third-order valence-corrected chi connectivity index (χ3v) is 3.24. The minimum absolute atomic E-state index is 0.289. The maximum absolute atomic E-state index is 11.3. The van der Waals surface area contributed by atoms with E-state index in [2.05, 4.69) is 6.58 Å². The second-order valence-corrected chi connectivity index (χ2v) is 4.86. The zero-order valence-electron chi connectivity index (χ0n) is 8.33. The normalized spacial score (nSPS) is 13.1. The van der Waals surface area contributed by atoms with Crippen LogP contribution in [0.1, 0.15) is 10.8 Å². The quantitative estimate of drug-likeness (QED) is 0.756. The first-order valence-electron chi connectivity index (χ1n) is 4.32. The summed E-state index contributed by atoms with van der Waals surface area (Å²) >= 11 is 0. The van der Waals surface area contributed by atoms with Gasteiger partial charge in [-0.1, -0.05) is 36.9 Å². The second kappa shape index (κ2) is 4.46. The van der Waals surface area contributed by atoms with E-state index in [4.69, 9.17) is 10.2 Å². The third kappa shape index (κ3) is 2.68. The van der Waals surface area contributed by atoms with E-state index in [0.717, 1.165) is 0 Å². The van der Waals surface area contributed by atoms with Crippen molar-refractivity contribution in [3.63, 3.8) is 0 Å². The third-order valence-electron chi connectivity index (χ3n) is 2.02. The molecule has 0 heterocycles. The molecule has 1 atom stereocenters. The number of nitrogens with two attached hydrogens (primary N) is 1. The zero-order valence-corrected chi connectivity index (χ0v) is 9.15. The fourth-order valence-corrected chi connectivity index (χ4v) is 2.36. The van der Waals surface area contributed by atoms with Crippen LogP contribution in [0.5, 0.6) is 0 Å². The van der Waals surface area contributed by atoms with Crippen LogP contribution in [-0.2, 0) is 14.8 Å². The average Bonchev–Trinajstić information content (AvgIpc) is 2.17. The minimum Gasteiger partial charge on any atom is -0.478 e. The lowest BCUT2D eigenvalue weighted by Crippen LogP contribution is -2.25. The molecular weight excluding hydrogens is 230 g/mol. The smallest absolute Gasteiger partial charge is 0.332 e. The Morgan fingerprint density at radius 1 is 1.31 bits per heavy atom. The lowest BCUT2D eigenvalue weighted by Gasteiger charge is -2.14. The molecule has 0 spiro atoms. The molecular formula is C10H11NO4S. The Balaban J connectivity index is 3.29. The van der Waals surface area contributed by atoms with Gasteiger partial charge < -0.3 is 5.11 Å². The first-order chi connectivity index (χ1) is 7.34. The molecule has 3 N–H and O–H groups in total. The molecule has 0 saturated carbocycles. The van der Waals surface area contributed by atoms with Crippen molar-refractivity contribution >= 4 is 16.0 Å². The molecule has 0 radical (unpaired) electrons. The molecule has 0 amide bonds. The maximum atomic E-state index is 11.3. The number of carbonyl (C=O) groups is 1. The highest BCUT2D eigenvalue weighted by Gasteiger charge is 2.30. The Kier molecular flexibility index (Phi) is 3.46. The summed E-state index contributed by atoms with van der Waals surface area (Å²) in [6, 6.07) is 7.87. The summed E-state index contributed by atoms with van der Waals surface area (Å²) in [5, 5.41) is 12.3. The molecule has 1 aromatic carbocycles. The maximum Gasteiger partial charge on any atom is 0.332 e. The van der Waals surface area contributed by atoms with Crippen LogP contribution in [0.2, 0.25) is 0 Å². The van der Waals surface area contributed by atoms with Gasteiger partial charge >= 0.3 is 5.97 Å². The van der Waals surface area contributed by atoms with Crippen LogP contribution >= 0.6 is 0 Å². The number of benzene rings is 1. The molecule has 16 heavy (non-hydrogen) atoms. The van der Waals surface area contributed by atoms with Gasteiger partial charge in [0.2, 0.25) is 10.0 Å². The monoisotopic (exact) mass is 241 g/mol. The van der Waals surface area contributed by atoms with E-state index in [1.807, 2.05) is 0 Å². The van der Waals surface area contributed by atoms with Gasteiger partial charge in [0.15, 0.2) is 0 Å². The standard InChI is InChI=1S/C10H11NO4S/c1-7(10(12)13)9(16(11,14)15)8-5-3-2-4-6-8/h2-6,9H,1H2,(H,12,13)(H2,11,14,15). The van der Waals surface area contributed by atoms with Gasteiger partial charge in [-0.05, 0) is 5.56 Å². The van der Waals surface area contributed by atoms with Crippen molar-refractivity contribution in [3.05, 3.63) is 48.0 Å². The minimum atomic E-state index is -4.04. The van der Waals surface area contributed by atoms with Gasteiger partial charge in [-0.25, -0.2) is 18.4 Å². The van der Waals surface area contributed by atoms with Crippen molar-refractivity contribution in [1.29, 1.82) is 0 Å². The summed E-state index contributed by atoms with van der Waals surface area (Å²) in [6.07, 6.45) is 0. The molecule has 0 aliphatic heterocycles. The average molecular weight is 241 g/mol. The largest absolute Gasteiger partial charge is 0.478 e. The number of carboxylic acids is 1.